The van der Waals surface area contributed by atoms with Crippen LogP contribution in [0.3, 0.4) is 0 Å². The third-order valence-electron chi connectivity index (χ3n) is 5.90. The van der Waals surface area contributed by atoms with Crippen LogP contribution in [0.25, 0.3) is 0 Å². The van der Waals surface area contributed by atoms with Crippen molar-refractivity contribution < 1.29 is 4.21 Å². The van der Waals surface area contributed by atoms with E-state index < -0.39 is 10.8 Å². The average molecular weight is 385 g/mol. The molecule has 1 aliphatic carbocycles. The zero-order valence-corrected chi connectivity index (χ0v) is 18.1. The van der Waals surface area contributed by atoms with Crippen LogP contribution in [0.2, 0.25) is 0 Å². The maximum atomic E-state index is 12.2. The molecule has 0 aromatic rings. The van der Waals surface area contributed by atoms with Gasteiger partial charge in [0, 0.05) is 46.5 Å². The summed E-state index contributed by atoms with van der Waals surface area (Å²) in [5.74, 6) is 1.70. The maximum Gasteiger partial charge on any atom is 0.191 e. The molecule has 5 unspecified atom stereocenters. The lowest BCUT2D eigenvalue weighted by atomic mass is 9.95. The summed E-state index contributed by atoms with van der Waals surface area (Å²) in [4.78, 5) is 7.49. The zero-order valence-electron chi connectivity index (χ0n) is 17.3. The third kappa shape index (κ3) is 6.52. The summed E-state index contributed by atoms with van der Waals surface area (Å²) in [6.07, 6.45) is 8.41. The van der Waals surface area contributed by atoms with Gasteiger partial charge in [-0.05, 0) is 59.4 Å². The fourth-order valence-corrected chi connectivity index (χ4v) is 5.72. The quantitative estimate of drug-likeness (QED) is 0.523. The SMILES string of the molecule is CCNC(=NCC(C)N1CCCCC1C)NC1CCCC(S(=O)CC)C1. The fraction of sp³-hybridized carbons (Fsp3) is 0.950. The molecule has 0 aromatic heterocycles. The zero-order chi connectivity index (χ0) is 18.9. The summed E-state index contributed by atoms with van der Waals surface area (Å²) in [5.41, 5.74) is 0. The van der Waals surface area contributed by atoms with Crippen LogP contribution >= 0.6 is 0 Å². The van der Waals surface area contributed by atoms with Crippen molar-refractivity contribution in [3.8, 4) is 0 Å². The molecule has 0 amide bonds. The molecule has 0 spiro atoms. The molecule has 1 saturated carbocycles. The standard InChI is InChI=1S/C20H40N4OS/c1-5-21-20(22-15-17(4)24-13-8-7-10-16(24)3)23-18-11-9-12-19(14-18)26(25)6-2/h16-19H,5-15H2,1-4H3,(H2,21,22,23). The lowest BCUT2D eigenvalue weighted by Gasteiger charge is -2.37. The minimum atomic E-state index is -0.678. The summed E-state index contributed by atoms with van der Waals surface area (Å²) < 4.78 is 12.2. The van der Waals surface area contributed by atoms with Crippen molar-refractivity contribution in [2.45, 2.75) is 96.0 Å². The van der Waals surface area contributed by atoms with E-state index in [2.05, 4.69) is 36.3 Å². The van der Waals surface area contributed by atoms with Gasteiger partial charge < -0.3 is 10.6 Å². The first kappa shape index (κ1) is 21.7. The van der Waals surface area contributed by atoms with Crippen LogP contribution in [-0.2, 0) is 10.8 Å². The highest BCUT2D eigenvalue weighted by atomic mass is 32.2. The Balaban J connectivity index is 1.90. The molecule has 0 radical (unpaired) electrons. The Kier molecular flexibility index (Phi) is 9.40. The smallest absolute Gasteiger partial charge is 0.191 e. The number of likely N-dealkylation sites (tertiary alicyclic amines) is 1. The Labute approximate surface area is 163 Å². The normalized spacial score (nSPS) is 30.6. The number of hydrogen-bond donors (Lipinski definition) is 2. The van der Waals surface area contributed by atoms with Gasteiger partial charge in [-0.25, -0.2) is 0 Å². The molecule has 2 aliphatic rings. The minimum Gasteiger partial charge on any atom is -0.357 e. The second-order valence-electron chi connectivity index (χ2n) is 7.95. The predicted molar refractivity (Wildman–Crippen MR) is 113 cm³/mol. The monoisotopic (exact) mass is 384 g/mol. The van der Waals surface area contributed by atoms with Crippen LogP contribution in [0.1, 0.15) is 72.6 Å². The van der Waals surface area contributed by atoms with Crippen molar-refractivity contribution in [2.24, 2.45) is 4.99 Å². The minimum absolute atomic E-state index is 0.349. The van der Waals surface area contributed by atoms with Crippen LogP contribution in [-0.4, -0.2) is 63.8 Å². The largest absolute Gasteiger partial charge is 0.357 e. The lowest BCUT2D eigenvalue weighted by molar-refractivity contribution is 0.118. The van der Waals surface area contributed by atoms with Gasteiger partial charge in [-0.15, -0.1) is 0 Å². The molecule has 152 valence electrons. The summed E-state index contributed by atoms with van der Waals surface area (Å²) >= 11 is 0. The number of hydrogen-bond acceptors (Lipinski definition) is 3. The van der Waals surface area contributed by atoms with E-state index in [9.17, 15) is 4.21 Å². The van der Waals surface area contributed by atoms with Crippen molar-refractivity contribution in [3.63, 3.8) is 0 Å². The first-order valence-electron chi connectivity index (χ1n) is 10.7. The van der Waals surface area contributed by atoms with Gasteiger partial charge in [0.1, 0.15) is 0 Å². The van der Waals surface area contributed by atoms with E-state index in [4.69, 9.17) is 4.99 Å². The van der Waals surface area contributed by atoms with Crippen molar-refractivity contribution in [2.75, 3.05) is 25.4 Å². The fourth-order valence-electron chi connectivity index (χ4n) is 4.37. The molecule has 1 heterocycles. The number of guanidine groups is 1. The second-order valence-corrected chi connectivity index (χ2v) is 9.96. The summed E-state index contributed by atoms with van der Waals surface area (Å²) in [5, 5.41) is 7.37. The highest BCUT2D eigenvalue weighted by Crippen LogP contribution is 2.23. The van der Waals surface area contributed by atoms with Crippen molar-refractivity contribution >= 4 is 16.8 Å². The Morgan fingerprint density at radius 3 is 2.73 bits per heavy atom. The van der Waals surface area contributed by atoms with Crippen LogP contribution in [0, 0.1) is 0 Å². The number of piperidine rings is 1. The van der Waals surface area contributed by atoms with Gasteiger partial charge in [0.2, 0.25) is 0 Å². The Morgan fingerprint density at radius 2 is 2.04 bits per heavy atom. The number of aliphatic imine (C=N–C) groups is 1. The highest BCUT2D eigenvalue weighted by Gasteiger charge is 2.26. The molecule has 0 aromatic carbocycles. The topological polar surface area (TPSA) is 56.7 Å². The van der Waals surface area contributed by atoms with E-state index in [1.807, 2.05) is 6.92 Å². The Morgan fingerprint density at radius 1 is 1.23 bits per heavy atom. The van der Waals surface area contributed by atoms with Crippen molar-refractivity contribution in [3.05, 3.63) is 0 Å². The predicted octanol–water partition coefficient (Wildman–Crippen LogP) is 2.88. The molecule has 0 bridgehead atoms. The second kappa shape index (κ2) is 11.3. The number of nitrogens with zero attached hydrogens (tertiary/aromatic N) is 2. The van der Waals surface area contributed by atoms with E-state index in [-0.39, 0.29) is 0 Å². The number of rotatable bonds is 7. The van der Waals surface area contributed by atoms with E-state index in [1.165, 1.54) is 25.8 Å². The molecule has 1 saturated heterocycles. The van der Waals surface area contributed by atoms with Gasteiger partial charge in [0.25, 0.3) is 0 Å². The molecule has 5 nitrogen and oxygen atoms in total. The Bertz CT molecular complexity index is 471. The van der Waals surface area contributed by atoms with Crippen LogP contribution in [0.5, 0.6) is 0 Å². The summed E-state index contributed by atoms with van der Waals surface area (Å²) in [7, 11) is -0.678. The van der Waals surface area contributed by atoms with E-state index >= 15 is 0 Å². The Hall–Kier alpha value is -0.620. The molecule has 26 heavy (non-hydrogen) atoms. The first-order valence-corrected chi connectivity index (χ1v) is 12.1. The molecule has 2 fully saturated rings. The van der Waals surface area contributed by atoms with E-state index in [0.29, 0.717) is 23.4 Å². The molecule has 5 atom stereocenters. The molecule has 1 aliphatic heterocycles. The lowest BCUT2D eigenvalue weighted by Crippen LogP contribution is -2.48. The van der Waals surface area contributed by atoms with Gasteiger partial charge in [-0.1, -0.05) is 19.8 Å². The maximum absolute atomic E-state index is 12.2. The van der Waals surface area contributed by atoms with Crippen LogP contribution < -0.4 is 10.6 Å². The van der Waals surface area contributed by atoms with Gasteiger partial charge >= 0.3 is 0 Å². The third-order valence-corrected chi connectivity index (χ3v) is 7.64. The van der Waals surface area contributed by atoms with Crippen molar-refractivity contribution in [1.82, 2.24) is 15.5 Å². The van der Waals surface area contributed by atoms with E-state index in [1.54, 1.807) is 0 Å². The van der Waals surface area contributed by atoms with Gasteiger partial charge in [-0.3, -0.25) is 14.1 Å². The van der Waals surface area contributed by atoms with Gasteiger partial charge in [0.05, 0.1) is 6.54 Å². The first-order chi connectivity index (χ1) is 12.5. The highest BCUT2D eigenvalue weighted by molar-refractivity contribution is 7.85. The van der Waals surface area contributed by atoms with Gasteiger partial charge in [-0.2, -0.15) is 0 Å². The molecule has 6 heteroatoms. The molecule has 2 rings (SSSR count). The molecule has 2 N–H and O–H groups in total. The van der Waals surface area contributed by atoms with Crippen LogP contribution in [0.4, 0.5) is 0 Å². The molecular formula is C20H40N4OS. The molecular weight excluding hydrogens is 344 g/mol. The van der Waals surface area contributed by atoms with Gasteiger partial charge in [0.15, 0.2) is 5.96 Å². The summed E-state index contributed by atoms with van der Waals surface area (Å²) in [6.45, 7) is 11.7. The van der Waals surface area contributed by atoms with Crippen molar-refractivity contribution in [1.29, 1.82) is 0 Å². The average Bonchev–Trinajstić information content (AvgIpc) is 2.66. The van der Waals surface area contributed by atoms with Crippen LogP contribution in [0.15, 0.2) is 4.99 Å². The summed E-state index contributed by atoms with van der Waals surface area (Å²) in [6, 6.07) is 1.55. The van der Waals surface area contributed by atoms with E-state index in [0.717, 1.165) is 50.5 Å². The number of nitrogens with one attached hydrogen (secondary N) is 2.